The molecule has 8 heteroatoms. The lowest BCUT2D eigenvalue weighted by molar-refractivity contribution is 0.586. The topological polar surface area (TPSA) is 86.5 Å². The molecule has 1 aromatic heterocycles. The van der Waals surface area contributed by atoms with Crippen LogP contribution in [0.5, 0.6) is 0 Å². The van der Waals surface area contributed by atoms with Gasteiger partial charge in [0.2, 0.25) is 5.95 Å². The number of halogens is 2. The summed E-state index contributed by atoms with van der Waals surface area (Å²) in [5.74, 6) is -1.11. The van der Waals surface area contributed by atoms with Crippen LogP contribution in [-0.4, -0.2) is 15.2 Å². The number of para-hydroxylation sites is 1. The third kappa shape index (κ3) is 3.41. The third-order valence-corrected chi connectivity index (χ3v) is 3.05. The Morgan fingerprint density at radius 1 is 1.00 bits per heavy atom. The van der Waals surface area contributed by atoms with Gasteiger partial charge in [-0.1, -0.05) is 12.1 Å². The van der Waals surface area contributed by atoms with Gasteiger partial charge < -0.3 is 10.6 Å². The average Bonchev–Trinajstić information content (AvgIpc) is 2.58. The van der Waals surface area contributed by atoms with Crippen molar-refractivity contribution >= 4 is 23.1 Å². The Bertz CT molecular complexity index is 922. The first-order valence-electron chi connectivity index (χ1n) is 6.83. The molecule has 0 saturated carbocycles. The summed E-state index contributed by atoms with van der Waals surface area (Å²) in [5.41, 5.74) is 1.02. The molecule has 118 valence electrons. The van der Waals surface area contributed by atoms with Crippen LogP contribution < -0.4 is 10.6 Å². The molecule has 3 aromatic rings. The molecule has 0 aliphatic carbocycles. The first kappa shape index (κ1) is 15.3. The second-order valence-electron chi connectivity index (χ2n) is 4.70. The van der Waals surface area contributed by atoms with Crippen LogP contribution in [0, 0.1) is 23.0 Å². The fourth-order valence-electron chi connectivity index (χ4n) is 1.96. The highest BCUT2D eigenvalue weighted by atomic mass is 19.1. The molecule has 6 nitrogen and oxygen atoms in total. The lowest BCUT2D eigenvalue weighted by Crippen LogP contribution is -2.04. The Balaban J connectivity index is 1.83. The Morgan fingerprint density at radius 3 is 2.62 bits per heavy atom. The number of hydrogen-bond donors (Lipinski definition) is 2. The van der Waals surface area contributed by atoms with Crippen LogP contribution in [0.3, 0.4) is 0 Å². The molecule has 2 N–H and O–H groups in total. The zero-order chi connectivity index (χ0) is 16.9. The van der Waals surface area contributed by atoms with E-state index in [1.54, 1.807) is 24.3 Å². The smallest absolute Gasteiger partial charge is 0.249 e. The van der Waals surface area contributed by atoms with Gasteiger partial charge in [-0.2, -0.15) is 15.3 Å². The Morgan fingerprint density at radius 2 is 1.83 bits per heavy atom. The fourth-order valence-corrected chi connectivity index (χ4v) is 1.96. The van der Waals surface area contributed by atoms with E-state index in [-0.39, 0.29) is 11.6 Å². The molecular weight excluding hydrogens is 314 g/mol. The number of aromatic nitrogens is 3. The molecule has 1 heterocycles. The number of nitriles is 1. The van der Waals surface area contributed by atoms with Crippen molar-refractivity contribution in [3.8, 4) is 6.07 Å². The summed E-state index contributed by atoms with van der Waals surface area (Å²) >= 11 is 0. The highest BCUT2D eigenvalue weighted by Crippen LogP contribution is 2.21. The van der Waals surface area contributed by atoms with E-state index in [1.807, 2.05) is 0 Å². The van der Waals surface area contributed by atoms with E-state index >= 15 is 0 Å². The van der Waals surface area contributed by atoms with E-state index < -0.39 is 11.6 Å². The van der Waals surface area contributed by atoms with Crippen LogP contribution >= 0.6 is 0 Å². The number of hydrogen-bond acceptors (Lipinski definition) is 6. The molecule has 0 amide bonds. The van der Waals surface area contributed by atoms with Gasteiger partial charge in [-0.15, -0.1) is 5.10 Å². The van der Waals surface area contributed by atoms with Gasteiger partial charge >= 0.3 is 0 Å². The lowest BCUT2D eigenvalue weighted by atomic mass is 10.2. The zero-order valence-electron chi connectivity index (χ0n) is 12.2. The van der Waals surface area contributed by atoms with Crippen LogP contribution in [0.2, 0.25) is 0 Å². The molecule has 0 fully saturated rings. The van der Waals surface area contributed by atoms with E-state index in [0.29, 0.717) is 17.1 Å². The number of anilines is 4. The summed E-state index contributed by atoms with van der Waals surface area (Å²) < 4.78 is 26.6. The molecule has 0 saturated heterocycles. The van der Waals surface area contributed by atoms with Crippen molar-refractivity contribution in [3.63, 3.8) is 0 Å². The minimum Gasteiger partial charge on any atom is -0.338 e. The van der Waals surface area contributed by atoms with Gasteiger partial charge in [0.25, 0.3) is 0 Å². The molecule has 0 bridgehead atoms. The number of rotatable bonds is 4. The summed E-state index contributed by atoms with van der Waals surface area (Å²) in [4.78, 5) is 4.14. The van der Waals surface area contributed by atoms with Crippen LogP contribution in [0.4, 0.5) is 31.9 Å². The summed E-state index contributed by atoms with van der Waals surface area (Å²) in [6, 6.07) is 12.0. The summed E-state index contributed by atoms with van der Waals surface area (Å²) in [6.45, 7) is 0. The molecular formula is C16H10F2N6. The lowest BCUT2D eigenvalue weighted by Gasteiger charge is -2.09. The maximum atomic E-state index is 13.7. The van der Waals surface area contributed by atoms with Gasteiger partial charge in [0.05, 0.1) is 23.1 Å². The van der Waals surface area contributed by atoms with Crippen molar-refractivity contribution in [2.75, 3.05) is 10.6 Å². The molecule has 24 heavy (non-hydrogen) atoms. The molecule has 0 unspecified atom stereocenters. The molecule has 0 spiro atoms. The minimum absolute atomic E-state index is 0.0211. The number of benzene rings is 2. The van der Waals surface area contributed by atoms with Gasteiger partial charge in [0.15, 0.2) is 5.82 Å². The summed E-state index contributed by atoms with van der Waals surface area (Å²) in [5, 5.41) is 22.1. The van der Waals surface area contributed by atoms with E-state index in [1.165, 1.54) is 12.3 Å². The molecule has 0 aliphatic heterocycles. The first-order valence-corrected chi connectivity index (χ1v) is 6.83. The Labute approximate surface area is 135 Å². The van der Waals surface area contributed by atoms with Crippen molar-refractivity contribution < 1.29 is 8.78 Å². The largest absolute Gasteiger partial charge is 0.338 e. The SMILES string of the molecule is N#Cc1ccccc1Nc1cnnc(Nc2ccc(F)cc2F)n1. The highest BCUT2D eigenvalue weighted by molar-refractivity contribution is 5.64. The fraction of sp³-hybridized carbons (Fsp3) is 0. The third-order valence-electron chi connectivity index (χ3n) is 3.05. The van der Waals surface area contributed by atoms with Gasteiger partial charge in [-0.05, 0) is 24.3 Å². The van der Waals surface area contributed by atoms with Crippen LogP contribution in [0.15, 0.2) is 48.7 Å². The van der Waals surface area contributed by atoms with Crippen molar-refractivity contribution in [1.29, 1.82) is 5.26 Å². The quantitative estimate of drug-likeness (QED) is 0.764. The highest BCUT2D eigenvalue weighted by Gasteiger charge is 2.08. The minimum atomic E-state index is -0.771. The van der Waals surface area contributed by atoms with E-state index in [4.69, 9.17) is 5.26 Å². The Kier molecular flexibility index (Phi) is 4.25. The summed E-state index contributed by atoms with van der Waals surface area (Å²) in [7, 11) is 0. The van der Waals surface area contributed by atoms with Crippen LogP contribution in [0.1, 0.15) is 5.56 Å². The molecule has 0 aliphatic rings. The molecule has 0 radical (unpaired) electrons. The maximum absolute atomic E-state index is 13.7. The molecule has 2 aromatic carbocycles. The zero-order valence-corrected chi connectivity index (χ0v) is 12.2. The van der Waals surface area contributed by atoms with E-state index in [9.17, 15) is 8.78 Å². The predicted molar refractivity (Wildman–Crippen MR) is 83.9 cm³/mol. The van der Waals surface area contributed by atoms with Gasteiger partial charge in [0.1, 0.15) is 17.7 Å². The van der Waals surface area contributed by atoms with Gasteiger partial charge in [-0.3, -0.25) is 0 Å². The van der Waals surface area contributed by atoms with Crippen molar-refractivity contribution in [1.82, 2.24) is 15.2 Å². The van der Waals surface area contributed by atoms with Crippen molar-refractivity contribution in [3.05, 3.63) is 65.9 Å². The van der Waals surface area contributed by atoms with Gasteiger partial charge in [-0.25, -0.2) is 8.78 Å². The maximum Gasteiger partial charge on any atom is 0.249 e. The van der Waals surface area contributed by atoms with E-state index in [2.05, 4.69) is 31.9 Å². The molecule has 0 atom stereocenters. The van der Waals surface area contributed by atoms with Crippen molar-refractivity contribution in [2.24, 2.45) is 0 Å². The predicted octanol–water partition coefficient (Wildman–Crippen LogP) is 3.51. The number of nitrogens with zero attached hydrogens (tertiary/aromatic N) is 4. The molecule has 3 rings (SSSR count). The van der Waals surface area contributed by atoms with Crippen molar-refractivity contribution in [2.45, 2.75) is 0 Å². The number of nitrogens with one attached hydrogen (secondary N) is 2. The Hall–Kier alpha value is -3.60. The average molecular weight is 324 g/mol. The standard InChI is InChI=1S/C16H10F2N6/c17-11-5-6-14(12(18)7-11)22-16-23-15(9-20-24-16)21-13-4-2-1-3-10(13)8-19/h1-7,9H,(H2,21,22,23,24). The second-order valence-corrected chi connectivity index (χ2v) is 4.70. The van der Waals surface area contributed by atoms with Crippen LogP contribution in [0.25, 0.3) is 0 Å². The van der Waals surface area contributed by atoms with E-state index in [0.717, 1.165) is 12.1 Å². The summed E-state index contributed by atoms with van der Waals surface area (Å²) in [6.07, 6.45) is 1.36. The normalized spacial score (nSPS) is 10.0. The second kappa shape index (κ2) is 6.66. The van der Waals surface area contributed by atoms with Crippen LogP contribution in [-0.2, 0) is 0 Å². The monoisotopic (exact) mass is 324 g/mol. The van der Waals surface area contributed by atoms with Gasteiger partial charge in [0, 0.05) is 6.07 Å². The first-order chi connectivity index (χ1) is 11.7.